The summed E-state index contributed by atoms with van der Waals surface area (Å²) in [4.78, 5) is 12.2. The SMILES string of the molecule is COc1ccccc1C1CCC(=O)c2cccc(OC)c21. The monoisotopic (exact) mass is 282 g/mol. The van der Waals surface area contributed by atoms with Crippen molar-refractivity contribution in [2.75, 3.05) is 14.2 Å². The van der Waals surface area contributed by atoms with Crippen molar-refractivity contribution in [1.82, 2.24) is 0 Å². The van der Waals surface area contributed by atoms with Crippen LogP contribution in [0.5, 0.6) is 11.5 Å². The zero-order valence-corrected chi connectivity index (χ0v) is 12.3. The van der Waals surface area contributed by atoms with E-state index >= 15 is 0 Å². The van der Waals surface area contributed by atoms with E-state index in [1.807, 2.05) is 36.4 Å². The Bertz CT molecular complexity index is 676. The van der Waals surface area contributed by atoms with E-state index in [2.05, 4.69) is 6.07 Å². The van der Waals surface area contributed by atoms with Gasteiger partial charge in [-0.3, -0.25) is 4.79 Å². The number of fused-ring (bicyclic) bond motifs is 1. The maximum absolute atomic E-state index is 12.2. The van der Waals surface area contributed by atoms with Crippen molar-refractivity contribution in [3.63, 3.8) is 0 Å². The maximum atomic E-state index is 12.2. The molecule has 0 aromatic heterocycles. The van der Waals surface area contributed by atoms with E-state index < -0.39 is 0 Å². The molecule has 108 valence electrons. The van der Waals surface area contributed by atoms with Crippen molar-refractivity contribution in [1.29, 1.82) is 0 Å². The minimum absolute atomic E-state index is 0.130. The third kappa shape index (κ3) is 2.29. The molecule has 0 N–H and O–H groups in total. The van der Waals surface area contributed by atoms with E-state index in [9.17, 15) is 4.79 Å². The van der Waals surface area contributed by atoms with Gasteiger partial charge in [0.25, 0.3) is 0 Å². The second kappa shape index (κ2) is 5.60. The van der Waals surface area contributed by atoms with Gasteiger partial charge in [-0.05, 0) is 18.6 Å². The summed E-state index contributed by atoms with van der Waals surface area (Å²) in [5.74, 6) is 1.95. The number of benzene rings is 2. The van der Waals surface area contributed by atoms with Gasteiger partial charge < -0.3 is 9.47 Å². The molecular formula is C18H18O3. The van der Waals surface area contributed by atoms with E-state index in [0.717, 1.165) is 34.6 Å². The molecular weight excluding hydrogens is 264 g/mol. The molecule has 3 heteroatoms. The summed E-state index contributed by atoms with van der Waals surface area (Å²) in [5.41, 5.74) is 2.87. The highest BCUT2D eigenvalue weighted by Gasteiger charge is 2.31. The summed E-state index contributed by atoms with van der Waals surface area (Å²) in [6.07, 6.45) is 1.34. The second-order valence-electron chi connectivity index (χ2n) is 5.18. The molecule has 1 aliphatic rings. The Labute approximate surface area is 124 Å². The summed E-state index contributed by atoms with van der Waals surface area (Å²) in [7, 11) is 3.32. The van der Waals surface area contributed by atoms with Gasteiger partial charge in [-0.2, -0.15) is 0 Å². The van der Waals surface area contributed by atoms with E-state index in [-0.39, 0.29) is 11.7 Å². The topological polar surface area (TPSA) is 35.5 Å². The Morgan fingerprint density at radius 1 is 0.952 bits per heavy atom. The van der Waals surface area contributed by atoms with Crippen molar-refractivity contribution in [2.45, 2.75) is 18.8 Å². The molecule has 1 aliphatic carbocycles. The minimum Gasteiger partial charge on any atom is -0.496 e. The average Bonchev–Trinajstić information content (AvgIpc) is 2.55. The highest BCUT2D eigenvalue weighted by atomic mass is 16.5. The molecule has 2 aromatic carbocycles. The van der Waals surface area contributed by atoms with Gasteiger partial charge in [0, 0.05) is 29.0 Å². The predicted molar refractivity (Wildman–Crippen MR) is 81.4 cm³/mol. The van der Waals surface area contributed by atoms with Crippen LogP contribution in [-0.2, 0) is 0 Å². The van der Waals surface area contributed by atoms with Gasteiger partial charge in [0.1, 0.15) is 11.5 Å². The maximum Gasteiger partial charge on any atom is 0.163 e. The van der Waals surface area contributed by atoms with Crippen LogP contribution in [0.1, 0.15) is 40.2 Å². The van der Waals surface area contributed by atoms with Gasteiger partial charge in [-0.25, -0.2) is 0 Å². The lowest BCUT2D eigenvalue weighted by Crippen LogP contribution is -2.18. The number of ether oxygens (including phenoxy) is 2. The lowest BCUT2D eigenvalue weighted by Gasteiger charge is -2.28. The smallest absolute Gasteiger partial charge is 0.163 e. The zero-order valence-electron chi connectivity index (χ0n) is 12.3. The van der Waals surface area contributed by atoms with Crippen LogP contribution in [0.2, 0.25) is 0 Å². The van der Waals surface area contributed by atoms with Crippen LogP contribution in [0.4, 0.5) is 0 Å². The standard InChI is InChI=1S/C18H18O3/c1-20-16-8-4-3-6-12(16)13-10-11-15(19)14-7-5-9-17(21-2)18(13)14/h3-9,13H,10-11H2,1-2H3. The predicted octanol–water partition coefficient (Wildman–Crippen LogP) is 3.81. The molecule has 3 nitrogen and oxygen atoms in total. The number of para-hydroxylation sites is 1. The first kappa shape index (κ1) is 13.7. The largest absolute Gasteiger partial charge is 0.496 e. The van der Waals surface area contributed by atoms with Crippen molar-refractivity contribution in [2.24, 2.45) is 0 Å². The van der Waals surface area contributed by atoms with Crippen LogP contribution in [0.3, 0.4) is 0 Å². The van der Waals surface area contributed by atoms with Gasteiger partial charge in [-0.15, -0.1) is 0 Å². The molecule has 0 aliphatic heterocycles. The van der Waals surface area contributed by atoms with E-state index in [1.165, 1.54) is 0 Å². The zero-order chi connectivity index (χ0) is 14.8. The van der Waals surface area contributed by atoms with Gasteiger partial charge in [0.15, 0.2) is 5.78 Å². The number of carbonyl (C=O) groups excluding carboxylic acids is 1. The first-order valence-electron chi connectivity index (χ1n) is 7.09. The summed E-state index contributed by atoms with van der Waals surface area (Å²) in [5, 5.41) is 0. The highest BCUT2D eigenvalue weighted by Crippen LogP contribution is 2.44. The lowest BCUT2D eigenvalue weighted by molar-refractivity contribution is 0.0968. The number of carbonyl (C=O) groups is 1. The Morgan fingerprint density at radius 2 is 1.67 bits per heavy atom. The summed E-state index contributed by atoms with van der Waals surface area (Å²) in [6.45, 7) is 0. The van der Waals surface area contributed by atoms with Crippen LogP contribution in [0.15, 0.2) is 42.5 Å². The molecule has 0 spiro atoms. The molecule has 21 heavy (non-hydrogen) atoms. The first-order chi connectivity index (χ1) is 10.3. The molecule has 2 aromatic rings. The Balaban J connectivity index is 2.19. The quantitative estimate of drug-likeness (QED) is 0.858. The molecule has 3 rings (SSSR count). The van der Waals surface area contributed by atoms with Crippen LogP contribution >= 0.6 is 0 Å². The highest BCUT2D eigenvalue weighted by molar-refractivity contribution is 5.99. The minimum atomic E-state index is 0.130. The van der Waals surface area contributed by atoms with Gasteiger partial charge >= 0.3 is 0 Å². The van der Waals surface area contributed by atoms with E-state index in [4.69, 9.17) is 9.47 Å². The van der Waals surface area contributed by atoms with Crippen LogP contribution in [-0.4, -0.2) is 20.0 Å². The van der Waals surface area contributed by atoms with Crippen LogP contribution in [0.25, 0.3) is 0 Å². The molecule has 0 saturated carbocycles. The molecule has 0 radical (unpaired) electrons. The van der Waals surface area contributed by atoms with Crippen LogP contribution in [0, 0.1) is 0 Å². The first-order valence-corrected chi connectivity index (χ1v) is 7.09. The molecule has 0 heterocycles. The molecule has 1 atom stereocenters. The van der Waals surface area contributed by atoms with Gasteiger partial charge in [0.2, 0.25) is 0 Å². The van der Waals surface area contributed by atoms with Gasteiger partial charge in [0.05, 0.1) is 14.2 Å². The fourth-order valence-electron chi connectivity index (χ4n) is 3.14. The fraction of sp³-hybridized carbons (Fsp3) is 0.278. The molecule has 0 fully saturated rings. The van der Waals surface area contributed by atoms with Crippen LogP contribution < -0.4 is 9.47 Å². The number of methoxy groups -OCH3 is 2. The number of rotatable bonds is 3. The Morgan fingerprint density at radius 3 is 2.43 bits per heavy atom. The molecule has 0 amide bonds. The summed E-state index contributed by atoms with van der Waals surface area (Å²) in [6, 6.07) is 13.7. The Kier molecular flexibility index (Phi) is 3.65. The normalized spacial score (nSPS) is 17.2. The third-order valence-electron chi connectivity index (χ3n) is 4.11. The van der Waals surface area contributed by atoms with Crippen molar-refractivity contribution >= 4 is 5.78 Å². The number of hydrogen-bond donors (Lipinski definition) is 0. The van der Waals surface area contributed by atoms with Crippen molar-refractivity contribution in [3.8, 4) is 11.5 Å². The fourth-order valence-corrected chi connectivity index (χ4v) is 3.14. The number of ketones is 1. The summed E-state index contributed by atoms with van der Waals surface area (Å²) >= 11 is 0. The third-order valence-corrected chi connectivity index (χ3v) is 4.11. The van der Waals surface area contributed by atoms with E-state index in [1.54, 1.807) is 14.2 Å². The van der Waals surface area contributed by atoms with Crippen molar-refractivity contribution < 1.29 is 14.3 Å². The molecule has 1 unspecified atom stereocenters. The van der Waals surface area contributed by atoms with Gasteiger partial charge in [-0.1, -0.05) is 30.3 Å². The van der Waals surface area contributed by atoms with Crippen molar-refractivity contribution in [3.05, 3.63) is 59.2 Å². The molecule has 0 saturated heterocycles. The second-order valence-corrected chi connectivity index (χ2v) is 5.18. The summed E-state index contributed by atoms with van der Waals surface area (Å²) < 4.78 is 11.0. The number of hydrogen-bond acceptors (Lipinski definition) is 3. The lowest BCUT2D eigenvalue weighted by atomic mass is 9.77. The average molecular weight is 282 g/mol. The molecule has 0 bridgehead atoms. The number of Topliss-reactive ketones (excluding diaryl/α,β-unsaturated/α-hetero) is 1. The Hall–Kier alpha value is -2.29. The van der Waals surface area contributed by atoms with E-state index in [0.29, 0.717) is 6.42 Å².